The minimum Gasteiger partial charge on any atom is -0.368 e. The molecule has 0 aromatic carbocycles. The van der Waals surface area contributed by atoms with Gasteiger partial charge in [-0.3, -0.25) is 0 Å². The van der Waals surface area contributed by atoms with Crippen molar-refractivity contribution in [1.82, 2.24) is 4.98 Å². The van der Waals surface area contributed by atoms with Crippen LogP contribution in [0.1, 0.15) is 13.3 Å². The van der Waals surface area contributed by atoms with Crippen LogP contribution in [0.25, 0.3) is 0 Å². The van der Waals surface area contributed by atoms with Gasteiger partial charge in [0.2, 0.25) is 0 Å². The van der Waals surface area contributed by atoms with Crippen LogP contribution >= 0.6 is 11.8 Å². The van der Waals surface area contributed by atoms with E-state index in [2.05, 4.69) is 23.5 Å². The Bertz CT molecular complexity index is 281. The summed E-state index contributed by atoms with van der Waals surface area (Å²) in [6.45, 7) is 2.91. The van der Waals surface area contributed by atoms with Crippen molar-refractivity contribution in [3.05, 3.63) is 24.1 Å². The van der Waals surface area contributed by atoms with Gasteiger partial charge in [0.05, 0.1) is 0 Å². The van der Waals surface area contributed by atoms with E-state index in [1.165, 1.54) is 6.07 Å². The minimum absolute atomic E-state index is 0.288. The van der Waals surface area contributed by atoms with Gasteiger partial charge in [0.1, 0.15) is 0 Å². The maximum Gasteiger partial charge on any atom is 0.165 e. The van der Waals surface area contributed by atoms with Crippen LogP contribution in [0.5, 0.6) is 0 Å². The average molecular weight is 214 g/mol. The van der Waals surface area contributed by atoms with Gasteiger partial charge < -0.3 is 5.32 Å². The molecule has 1 unspecified atom stereocenters. The first-order valence-corrected chi connectivity index (χ1v) is 5.90. The second kappa shape index (κ2) is 5.86. The van der Waals surface area contributed by atoms with E-state index in [9.17, 15) is 4.39 Å². The lowest BCUT2D eigenvalue weighted by molar-refractivity contribution is 0.623. The van der Waals surface area contributed by atoms with E-state index in [-0.39, 0.29) is 5.82 Å². The monoisotopic (exact) mass is 214 g/mol. The summed E-state index contributed by atoms with van der Waals surface area (Å²) >= 11 is 1.81. The Kier molecular flexibility index (Phi) is 4.73. The standard InChI is InChI=1S/C10H15FN2S/c1-8(14-2)5-7-13-10-9(11)4-3-6-12-10/h3-4,6,8H,5,7H2,1-2H3,(H,12,13). The zero-order valence-corrected chi connectivity index (χ0v) is 9.27. The number of hydrogen-bond acceptors (Lipinski definition) is 3. The van der Waals surface area contributed by atoms with Crippen LogP contribution in [0.2, 0.25) is 0 Å². The topological polar surface area (TPSA) is 24.9 Å². The molecule has 0 saturated heterocycles. The number of halogens is 1. The molecule has 1 atom stereocenters. The predicted molar refractivity (Wildman–Crippen MR) is 60.3 cm³/mol. The van der Waals surface area contributed by atoms with Gasteiger partial charge in [-0.15, -0.1) is 0 Å². The van der Waals surface area contributed by atoms with Crippen LogP contribution in [-0.2, 0) is 0 Å². The van der Waals surface area contributed by atoms with E-state index in [1.807, 2.05) is 11.8 Å². The van der Waals surface area contributed by atoms with E-state index >= 15 is 0 Å². The first kappa shape index (κ1) is 11.3. The summed E-state index contributed by atoms with van der Waals surface area (Å²) in [5.74, 6) is 0.0603. The Morgan fingerprint density at radius 3 is 3.07 bits per heavy atom. The molecular formula is C10H15FN2S. The van der Waals surface area contributed by atoms with Crippen LogP contribution in [0, 0.1) is 5.82 Å². The van der Waals surface area contributed by atoms with E-state index < -0.39 is 0 Å². The lowest BCUT2D eigenvalue weighted by Crippen LogP contribution is -2.09. The van der Waals surface area contributed by atoms with Gasteiger partial charge in [-0.05, 0) is 24.8 Å². The Labute approximate surface area is 88.3 Å². The molecule has 0 bridgehead atoms. The highest BCUT2D eigenvalue weighted by Gasteiger charge is 2.02. The van der Waals surface area contributed by atoms with Gasteiger partial charge in [-0.1, -0.05) is 6.92 Å². The molecule has 1 aromatic heterocycles. The summed E-state index contributed by atoms with van der Waals surface area (Å²) in [6, 6.07) is 3.00. The highest BCUT2D eigenvalue weighted by Crippen LogP contribution is 2.11. The smallest absolute Gasteiger partial charge is 0.165 e. The quantitative estimate of drug-likeness (QED) is 0.815. The summed E-state index contributed by atoms with van der Waals surface area (Å²) in [6.07, 6.45) is 4.67. The fraction of sp³-hybridized carbons (Fsp3) is 0.500. The Morgan fingerprint density at radius 1 is 1.64 bits per heavy atom. The lowest BCUT2D eigenvalue weighted by atomic mass is 10.3. The van der Waals surface area contributed by atoms with Gasteiger partial charge in [0.25, 0.3) is 0 Å². The third kappa shape index (κ3) is 3.54. The predicted octanol–water partition coefficient (Wildman–Crippen LogP) is 2.77. The van der Waals surface area contributed by atoms with Crippen molar-refractivity contribution < 1.29 is 4.39 Å². The number of aromatic nitrogens is 1. The van der Waals surface area contributed by atoms with Crippen molar-refractivity contribution in [2.75, 3.05) is 18.1 Å². The molecule has 0 aliphatic carbocycles. The highest BCUT2D eigenvalue weighted by molar-refractivity contribution is 7.99. The third-order valence-electron chi connectivity index (χ3n) is 2.00. The fourth-order valence-corrected chi connectivity index (χ4v) is 1.38. The molecular weight excluding hydrogens is 199 g/mol. The van der Waals surface area contributed by atoms with Gasteiger partial charge in [-0.2, -0.15) is 11.8 Å². The largest absolute Gasteiger partial charge is 0.368 e. The third-order valence-corrected chi connectivity index (χ3v) is 3.04. The van der Waals surface area contributed by atoms with Gasteiger partial charge in [0, 0.05) is 18.0 Å². The number of hydrogen-bond donors (Lipinski definition) is 1. The molecule has 2 nitrogen and oxygen atoms in total. The van der Waals surface area contributed by atoms with Crippen LogP contribution in [-0.4, -0.2) is 23.0 Å². The maximum atomic E-state index is 13.1. The zero-order chi connectivity index (χ0) is 10.4. The van der Waals surface area contributed by atoms with E-state index in [0.29, 0.717) is 11.1 Å². The fourth-order valence-electron chi connectivity index (χ4n) is 1.03. The number of rotatable bonds is 5. The van der Waals surface area contributed by atoms with Gasteiger partial charge in [0.15, 0.2) is 11.6 Å². The second-order valence-electron chi connectivity index (χ2n) is 3.10. The Morgan fingerprint density at radius 2 is 2.43 bits per heavy atom. The van der Waals surface area contributed by atoms with Crippen molar-refractivity contribution in [2.24, 2.45) is 0 Å². The Balaban J connectivity index is 2.35. The molecule has 0 aliphatic heterocycles. The first-order valence-electron chi connectivity index (χ1n) is 4.61. The summed E-state index contributed by atoms with van der Waals surface area (Å²) in [4.78, 5) is 3.91. The first-order chi connectivity index (χ1) is 6.74. The average Bonchev–Trinajstić information content (AvgIpc) is 2.20. The molecule has 0 spiro atoms. The normalized spacial score (nSPS) is 12.5. The molecule has 14 heavy (non-hydrogen) atoms. The minimum atomic E-state index is -0.288. The molecule has 4 heteroatoms. The van der Waals surface area contributed by atoms with Crippen molar-refractivity contribution in [3.8, 4) is 0 Å². The number of nitrogens with zero attached hydrogens (tertiary/aromatic N) is 1. The van der Waals surface area contributed by atoms with Crippen molar-refractivity contribution in [2.45, 2.75) is 18.6 Å². The highest BCUT2D eigenvalue weighted by atomic mass is 32.2. The number of anilines is 1. The number of pyridine rings is 1. The molecule has 0 saturated carbocycles. The number of thioether (sulfide) groups is 1. The summed E-state index contributed by atoms with van der Waals surface area (Å²) < 4.78 is 13.1. The molecule has 78 valence electrons. The van der Waals surface area contributed by atoms with E-state index in [1.54, 1.807) is 12.3 Å². The van der Waals surface area contributed by atoms with E-state index in [0.717, 1.165) is 13.0 Å². The molecule has 0 radical (unpaired) electrons. The lowest BCUT2D eigenvalue weighted by Gasteiger charge is -2.09. The summed E-state index contributed by atoms with van der Waals surface area (Å²) in [7, 11) is 0. The van der Waals surface area contributed by atoms with E-state index in [4.69, 9.17) is 0 Å². The van der Waals surface area contributed by atoms with Crippen molar-refractivity contribution in [3.63, 3.8) is 0 Å². The number of nitrogens with one attached hydrogen (secondary N) is 1. The molecule has 0 aliphatic rings. The SMILES string of the molecule is CSC(C)CCNc1ncccc1F. The maximum absolute atomic E-state index is 13.1. The van der Waals surface area contributed by atoms with Crippen LogP contribution < -0.4 is 5.32 Å². The van der Waals surface area contributed by atoms with Crippen LogP contribution in [0.4, 0.5) is 10.2 Å². The summed E-state index contributed by atoms with van der Waals surface area (Å²) in [5, 5.41) is 3.57. The molecule has 0 fully saturated rings. The van der Waals surface area contributed by atoms with Crippen LogP contribution in [0.15, 0.2) is 18.3 Å². The second-order valence-corrected chi connectivity index (χ2v) is 4.37. The molecule has 1 heterocycles. The summed E-state index contributed by atoms with van der Waals surface area (Å²) in [5.41, 5.74) is 0. The van der Waals surface area contributed by atoms with Crippen molar-refractivity contribution >= 4 is 17.6 Å². The van der Waals surface area contributed by atoms with Gasteiger partial charge >= 0.3 is 0 Å². The van der Waals surface area contributed by atoms with Gasteiger partial charge in [-0.25, -0.2) is 9.37 Å². The molecule has 1 aromatic rings. The van der Waals surface area contributed by atoms with Crippen LogP contribution in [0.3, 0.4) is 0 Å². The molecule has 1 rings (SSSR count). The molecule has 1 N–H and O–H groups in total. The molecule has 0 amide bonds. The van der Waals surface area contributed by atoms with Crippen molar-refractivity contribution in [1.29, 1.82) is 0 Å². The zero-order valence-electron chi connectivity index (χ0n) is 8.46. The Hall–Kier alpha value is -0.770.